The summed E-state index contributed by atoms with van der Waals surface area (Å²) in [5.74, 6) is 0.764. The van der Waals surface area contributed by atoms with E-state index in [1.54, 1.807) is 6.92 Å². The van der Waals surface area contributed by atoms with E-state index in [0.29, 0.717) is 0 Å². The van der Waals surface area contributed by atoms with Gasteiger partial charge in [0.15, 0.2) is 0 Å². The first-order chi connectivity index (χ1) is 7.54. The summed E-state index contributed by atoms with van der Waals surface area (Å²) in [6, 6.07) is 7.81. The highest BCUT2D eigenvalue weighted by atomic mass is 16.5. The largest absolute Gasteiger partial charge is 0.488 e. The van der Waals surface area contributed by atoms with Crippen LogP contribution in [0.1, 0.15) is 38.8 Å². The van der Waals surface area contributed by atoms with Crippen LogP contribution >= 0.6 is 0 Å². The summed E-state index contributed by atoms with van der Waals surface area (Å²) in [4.78, 5) is 0. The SMILES string of the molecule is CC[C@H](N)c1ccc(OC(C)C(C)O)cc1. The monoisotopic (exact) mass is 223 g/mol. The molecule has 0 spiro atoms. The molecule has 90 valence electrons. The fraction of sp³-hybridized carbons (Fsp3) is 0.538. The fourth-order valence-electron chi connectivity index (χ4n) is 1.34. The van der Waals surface area contributed by atoms with Gasteiger partial charge in [-0.3, -0.25) is 0 Å². The number of ether oxygens (including phenoxy) is 1. The standard InChI is InChI=1S/C13H21NO2/c1-4-13(14)11-5-7-12(8-6-11)16-10(3)9(2)15/h5-10,13,15H,4,14H2,1-3H3/t9?,10?,13-/m0/s1. The van der Waals surface area contributed by atoms with Crippen LogP contribution in [0.5, 0.6) is 5.75 Å². The van der Waals surface area contributed by atoms with E-state index < -0.39 is 6.10 Å². The number of aliphatic hydroxyl groups is 1. The van der Waals surface area contributed by atoms with Crippen molar-refractivity contribution in [3.8, 4) is 5.75 Å². The molecule has 2 unspecified atom stereocenters. The maximum Gasteiger partial charge on any atom is 0.121 e. The molecule has 0 saturated carbocycles. The van der Waals surface area contributed by atoms with Crippen LogP contribution in [0.3, 0.4) is 0 Å². The van der Waals surface area contributed by atoms with E-state index in [9.17, 15) is 5.11 Å². The summed E-state index contributed by atoms with van der Waals surface area (Å²) >= 11 is 0. The van der Waals surface area contributed by atoms with Gasteiger partial charge in [-0.15, -0.1) is 0 Å². The molecule has 0 bridgehead atoms. The van der Waals surface area contributed by atoms with Gasteiger partial charge in [-0.2, -0.15) is 0 Å². The summed E-state index contributed by atoms with van der Waals surface area (Å²) in [7, 11) is 0. The third-order valence-electron chi connectivity index (χ3n) is 2.75. The summed E-state index contributed by atoms with van der Waals surface area (Å²) in [6.07, 6.45) is 0.243. The molecular weight excluding hydrogens is 202 g/mol. The van der Waals surface area contributed by atoms with Gasteiger partial charge >= 0.3 is 0 Å². The molecule has 16 heavy (non-hydrogen) atoms. The molecule has 3 N–H and O–H groups in total. The Morgan fingerprint density at radius 1 is 1.25 bits per heavy atom. The van der Waals surface area contributed by atoms with Gasteiger partial charge in [-0.1, -0.05) is 19.1 Å². The minimum atomic E-state index is -0.474. The van der Waals surface area contributed by atoms with Crippen LogP contribution in [-0.4, -0.2) is 17.3 Å². The van der Waals surface area contributed by atoms with Gasteiger partial charge in [0.25, 0.3) is 0 Å². The summed E-state index contributed by atoms with van der Waals surface area (Å²) < 4.78 is 5.55. The first-order valence-corrected chi connectivity index (χ1v) is 5.74. The van der Waals surface area contributed by atoms with Gasteiger partial charge in [-0.05, 0) is 38.0 Å². The van der Waals surface area contributed by atoms with Crippen LogP contribution in [0.25, 0.3) is 0 Å². The highest BCUT2D eigenvalue weighted by Crippen LogP contribution is 2.19. The molecule has 1 rings (SSSR count). The van der Waals surface area contributed by atoms with Crippen molar-refractivity contribution in [2.45, 2.75) is 45.4 Å². The lowest BCUT2D eigenvalue weighted by Gasteiger charge is -2.17. The van der Waals surface area contributed by atoms with Crippen molar-refractivity contribution in [3.63, 3.8) is 0 Å². The van der Waals surface area contributed by atoms with Crippen molar-refractivity contribution in [2.75, 3.05) is 0 Å². The smallest absolute Gasteiger partial charge is 0.121 e. The lowest BCUT2D eigenvalue weighted by atomic mass is 10.1. The molecule has 3 nitrogen and oxygen atoms in total. The van der Waals surface area contributed by atoms with Gasteiger partial charge in [-0.25, -0.2) is 0 Å². The molecule has 3 atom stereocenters. The Bertz CT molecular complexity index is 308. The highest BCUT2D eigenvalue weighted by Gasteiger charge is 2.10. The molecule has 0 aromatic heterocycles. The second-order valence-corrected chi connectivity index (χ2v) is 4.15. The van der Waals surface area contributed by atoms with E-state index in [4.69, 9.17) is 10.5 Å². The molecular formula is C13H21NO2. The van der Waals surface area contributed by atoms with Crippen molar-refractivity contribution in [2.24, 2.45) is 5.73 Å². The van der Waals surface area contributed by atoms with Crippen molar-refractivity contribution < 1.29 is 9.84 Å². The van der Waals surface area contributed by atoms with Gasteiger partial charge in [0.05, 0.1) is 6.10 Å². The Morgan fingerprint density at radius 2 is 1.81 bits per heavy atom. The van der Waals surface area contributed by atoms with Gasteiger partial charge < -0.3 is 15.6 Å². The molecule has 0 aliphatic heterocycles. The maximum absolute atomic E-state index is 9.32. The number of hydrogen-bond donors (Lipinski definition) is 2. The van der Waals surface area contributed by atoms with Gasteiger partial charge in [0.1, 0.15) is 11.9 Å². The zero-order valence-electron chi connectivity index (χ0n) is 10.2. The van der Waals surface area contributed by atoms with Crippen LogP contribution < -0.4 is 10.5 Å². The Balaban J connectivity index is 2.64. The Morgan fingerprint density at radius 3 is 2.25 bits per heavy atom. The molecule has 0 radical (unpaired) electrons. The first kappa shape index (κ1) is 13.0. The van der Waals surface area contributed by atoms with Crippen LogP contribution in [0.4, 0.5) is 0 Å². The summed E-state index contributed by atoms with van der Waals surface area (Å²) in [5.41, 5.74) is 7.02. The third kappa shape index (κ3) is 3.51. The Kier molecular flexibility index (Phi) is 4.77. The average molecular weight is 223 g/mol. The fourth-order valence-corrected chi connectivity index (χ4v) is 1.34. The van der Waals surface area contributed by atoms with E-state index in [1.165, 1.54) is 0 Å². The van der Waals surface area contributed by atoms with Crippen LogP contribution in [0.15, 0.2) is 24.3 Å². The highest BCUT2D eigenvalue weighted by molar-refractivity contribution is 5.29. The number of nitrogens with two attached hydrogens (primary N) is 1. The molecule has 0 aliphatic rings. The number of benzene rings is 1. The third-order valence-corrected chi connectivity index (χ3v) is 2.75. The molecule has 1 aromatic carbocycles. The quantitative estimate of drug-likeness (QED) is 0.805. The topological polar surface area (TPSA) is 55.5 Å². The maximum atomic E-state index is 9.32. The molecule has 0 aliphatic carbocycles. The number of hydrogen-bond acceptors (Lipinski definition) is 3. The van der Waals surface area contributed by atoms with Crippen molar-refractivity contribution >= 4 is 0 Å². The number of aliphatic hydroxyl groups excluding tert-OH is 1. The molecule has 0 fully saturated rings. The normalized spacial score (nSPS) is 16.6. The lowest BCUT2D eigenvalue weighted by molar-refractivity contribution is 0.0604. The van der Waals surface area contributed by atoms with E-state index in [2.05, 4.69) is 6.92 Å². The minimum Gasteiger partial charge on any atom is -0.488 e. The van der Waals surface area contributed by atoms with E-state index in [1.807, 2.05) is 31.2 Å². The zero-order chi connectivity index (χ0) is 12.1. The number of rotatable bonds is 5. The second kappa shape index (κ2) is 5.87. The minimum absolute atomic E-state index is 0.0863. The summed E-state index contributed by atoms with van der Waals surface area (Å²) in [6.45, 7) is 5.62. The van der Waals surface area contributed by atoms with Gasteiger partial charge in [0.2, 0.25) is 0 Å². The average Bonchev–Trinajstić information content (AvgIpc) is 2.28. The molecule has 3 heteroatoms. The van der Waals surface area contributed by atoms with E-state index in [0.717, 1.165) is 17.7 Å². The molecule has 0 heterocycles. The van der Waals surface area contributed by atoms with E-state index >= 15 is 0 Å². The van der Waals surface area contributed by atoms with Crippen LogP contribution in [-0.2, 0) is 0 Å². The van der Waals surface area contributed by atoms with Crippen LogP contribution in [0.2, 0.25) is 0 Å². The molecule has 0 saturated heterocycles. The van der Waals surface area contributed by atoms with Crippen molar-refractivity contribution in [1.82, 2.24) is 0 Å². The molecule has 0 amide bonds. The van der Waals surface area contributed by atoms with Crippen molar-refractivity contribution in [1.29, 1.82) is 0 Å². The van der Waals surface area contributed by atoms with Crippen molar-refractivity contribution in [3.05, 3.63) is 29.8 Å². The summed E-state index contributed by atoms with van der Waals surface area (Å²) in [5, 5.41) is 9.32. The predicted molar refractivity (Wildman–Crippen MR) is 65.4 cm³/mol. The second-order valence-electron chi connectivity index (χ2n) is 4.15. The lowest BCUT2D eigenvalue weighted by Crippen LogP contribution is -2.25. The predicted octanol–water partition coefficient (Wildman–Crippen LogP) is 2.24. The molecule has 1 aromatic rings. The zero-order valence-corrected chi connectivity index (χ0v) is 10.2. The first-order valence-electron chi connectivity index (χ1n) is 5.74. The van der Waals surface area contributed by atoms with E-state index in [-0.39, 0.29) is 12.1 Å². The Labute approximate surface area is 97.2 Å². The van der Waals surface area contributed by atoms with Gasteiger partial charge in [0, 0.05) is 6.04 Å². The van der Waals surface area contributed by atoms with Crippen LogP contribution in [0, 0.1) is 0 Å². The Hall–Kier alpha value is -1.06.